The predicted molar refractivity (Wildman–Crippen MR) is 53.9 cm³/mol. The van der Waals surface area contributed by atoms with Gasteiger partial charge in [-0.25, -0.2) is 0 Å². The van der Waals surface area contributed by atoms with Crippen molar-refractivity contribution in [3.8, 4) is 0 Å². The molecule has 2 rings (SSSR count). The van der Waals surface area contributed by atoms with Crippen LogP contribution in [-0.2, 0) is 7.05 Å². The summed E-state index contributed by atoms with van der Waals surface area (Å²) in [5, 5.41) is 10.1. The Balaban J connectivity index is 2.04. The summed E-state index contributed by atoms with van der Waals surface area (Å²) in [6.45, 7) is 1.99. The van der Waals surface area contributed by atoms with Crippen LogP contribution in [0.5, 0.6) is 0 Å². The van der Waals surface area contributed by atoms with Crippen LogP contribution in [0.3, 0.4) is 0 Å². The number of thioether (sulfide) groups is 1. The van der Waals surface area contributed by atoms with Gasteiger partial charge in [-0.1, -0.05) is 24.6 Å². The van der Waals surface area contributed by atoms with E-state index in [2.05, 4.69) is 14.8 Å². The van der Waals surface area contributed by atoms with Crippen LogP contribution in [0.1, 0.15) is 31.5 Å². The van der Waals surface area contributed by atoms with E-state index in [9.17, 15) is 0 Å². The van der Waals surface area contributed by atoms with E-state index in [1.165, 1.54) is 25.7 Å². The van der Waals surface area contributed by atoms with E-state index < -0.39 is 0 Å². The average molecular weight is 197 g/mol. The molecule has 13 heavy (non-hydrogen) atoms. The number of nitrogens with zero attached hydrogens (tertiary/aromatic N) is 3. The van der Waals surface area contributed by atoms with Crippen LogP contribution in [0.15, 0.2) is 5.16 Å². The van der Waals surface area contributed by atoms with Crippen molar-refractivity contribution >= 4 is 11.8 Å². The Kier molecular flexibility index (Phi) is 2.58. The lowest BCUT2D eigenvalue weighted by atomic mass is 10.4. The summed E-state index contributed by atoms with van der Waals surface area (Å²) >= 11 is 1.89. The maximum Gasteiger partial charge on any atom is 0.191 e. The van der Waals surface area contributed by atoms with Crippen LogP contribution in [-0.4, -0.2) is 20.0 Å². The monoisotopic (exact) mass is 197 g/mol. The molecule has 3 nitrogen and oxygen atoms in total. The second kappa shape index (κ2) is 3.70. The first-order chi connectivity index (χ1) is 6.27. The minimum Gasteiger partial charge on any atom is -0.309 e. The zero-order valence-corrected chi connectivity index (χ0v) is 8.97. The second-order valence-electron chi connectivity index (χ2n) is 3.61. The zero-order valence-electron chi connectivity index (χ0n) is 8.16. The highest BCUT2D eigenvalue weighted by atomic mass is 32.2. The molecule has 4 heteroatoms. The molecule has 1 heterocycles. The fraction of sp³-hybridized carbons (Fsp3) is 0.778. The van der Waals surface area contributed by atoms with Crippen LogP contribution in [0, 0.1) is 6.92 Å². The van der Waals surface area contributed by atoms with Gasteiger partial charge in [-0.2, -0.15) is 0 Å². The van der Waals surface area contributed by atoms with Gasteiger partial charge >= 0.3 is 0 Å². The van der Waals surface area contributed by atoms with Gasteiger partial charge in [0.05, 0.1) is 0 Å². The van der Waals surface area contributed by atoms with E-state index in [-0.39, 0.29) is 0 Å². The highest BCUT2D eigenvalue weighted by Gasteiger charge is 2.18. The SMILES string of the molecule is Cc1nnc(SC2CCCC2)n1C. The molecule has 1 aromatic heterocycles. The largest absolute Gasteiger partial charge is 0.309 e. The molecule has 0 aliphatic heterocycles. The summed E-state index contributed by atoms with van der Waals surface area (Å²) in [4.78, 5) is 0. The second-order valence-corrected chi connectivity index (χ2v) is 4.88. The van der Waals surface area contributed by atoms with Crippen LogP contribution in [0.4, 0.5) is 0 Å². The quantitative estimate of drug-likeness (QED) is 0.728. The van der Waals surface area contributed by atoms with Gasteiger partial charge in [0.1, 0.15) is 5.82 Å². The number of hydrogen-bond donors (Lipinski definition) is 0. The normalized spacial score (nSPS) is 18.3. The van der Waals surface area contributed by atoms with Crippen molar-refractivity contribution < 1.29 is 0 Å². The smallest absolute Gasteiger partial charge is 0.191 e. The summed E-state index contributed by atoms with van der Waals surface area (Å²) in [5.74, 6) is 1.00. The number of hydrogen-bond acceptors (Lipinski definition) is 3. The maximum absolute atomic E-state index is 4.15. The topological polar surface area (TPSA) is 30.7 Å². The first-order valence-electron chi connectivity index (χ1n) is 4.80. The lowest BCUT2D eigenvalue weighted by Crippen LogP contribution is -1.99. The molecule has 0 N–H and O–H groups in total. The molecule has 0 atom stereocenters. The first-order valence-corrected chi connectivity index (χ1v) is 5.68. The van der Waals surface area contributed by atoms with Gasteiger partial charge in [0.2, 0.25) is 0 Å². The van der Waals surface area contributed by atoms with E-state index in [4.69, 9.17) is 0 Å². The molecular weight excluding hydrogens is 182 g/mol. The minimum atomic E-state index is 0.780. The molecule has 1 fully saturated rings. The lowest BCUT2D eigenvalue weighted by molar-refractivity contribution is 0.758. The van der Waals surface area contributed by atoms with Gasteiger partial charge in [-0.05, 0) is 19.8 Å². The molecule has 0 spiro atoms. The molecule has 0 saturated heterocycles. The predicted octanol–water partition coefficient (Wildman–Crippen LogP) is 2.16. The summed E-state index contributed by atoms with van der Waals surface area (Å²) in [6, 6.07) is 0. The molecule has 1 saturated carbocycles. The standard InChI is InChI=1S/C9H15N3S/c1-7-10-11-9(12(7)2)13-8-5-3-4-6-8/h8H,3-6H2,1-2H3. The van der Waals surface area contributed by atoms with E-state index in [0.717, 1.165) is 16.2 Å². The molecule has 0 unspecified atom stereocenters. The van der Waals surface area contributed by atoms with Crippen molar-refractivity contribution in [2.75, 3.05) is 0 Å². The van der Waals surface area contributed by atoms with Crippen molar-refractivity contribution in [2.45, 2.75) is 43.0 Å². The van der Waals surface area contributed by atoms with E-state index in [1.54, 1.807) is 0 Å². The van der Waals surface area contributed by atoms with Gasteiger partial charge in [-0.15, -0.1) is 10.2 Å². The Morgan fingerprint density at radius 3 is 2.54 bits per heavy atom. The molecule has 0 bridgehead atoms. The molecule has 1 aliphatic rings. The third-order valence-electron chi connectivity index (χ3n) is 2.63. The van der Waals surface area contributed by atoms with Crippen LogP contribution >= 0.6 is 11.8 Å². The number of aryl methyl sites for hydroxylation is 1. The summed E-state index contributed by atoms with van der Waals surface area (Å²) in [5.41, 5.74) is 0. The Morgan fingerprint density at radius 1 is 1.31 bits per heavy atom. The molecule has 0 aromatic carbocycles. The van der Waals surface area contributed by atoms with Gasteiger partial charge in [-0.3, -0.25) is 0 Å². The zero-order chi connectivity index (χ0) is 9.26. The highest BCUT2D eigenvalue weighted by Crippen LogP contribution is 2.33. The van der Waals surface area contributed by atoms with Crippen LogP contribution < -0.4 is 0 Å². The fourth-order valence-electron chi connectivity index (χ4n) is 1.65. The molecule has 0 amide bonds. The third-order valence-corrected chi connectivity index (χ3v) is 4.00. The lowest BCUT2D eigenvalue weighted by Gasteiger charge is -2.06. The molecule has 72 valence electrons. The molecule has 1 aliphatic carbocycles. The van der Waals surface area contributed by atoms with Crippen LogP contribution in [0.2, 0.25) is 0 Å². The van der Waals surface area contributed by atoms with Crippen molar-refractivity contribution in [3.63, 3.8) is 0 Å². The van der Waals surface area contributed by atoms with Gasteiger partial charge < -0.3 is 4.57 Å². The molecular formula is C9H15N3S. The minimum absolute atomic E-state index is 0.780. The van der Waals surface area contributed by atoms with E-state index in [1.807, 2.05) is 25.7 Å². The Hall–Kier alpha value is -0.510. The van der Waals surface area contributed by atoms with Crippen molar-refractivity contribution in [3.05, 3.63) is 5.82 Å². The van der Waals surface area contributed by atoms with E-state index >= 15 is 0 Å². The highest BCUT2D eigenvalue weighted by molar-refractivity contribution is 7.99. The fourth-order valence-corrected chi connectivity index (χ4v) is 2.89. The summed E-state index contributed by atoms with van der Waals surface area (Å²) < 4.78 is 2.07. The summed E-state index contributed by atoms with van der Waals surface area (Å²) in [7, 11) is 2.03. The first kappa shape index (κ1) is 9.06. The molecule has 0 radical (unpaired) electrons. The van der Waals surface area contributed by atoms with Crippen LogP contribution in [0.25, 0.3) is 0 Å². The van der Waals surface area contributed by atoms with Crippen molar-refractivity contribution in [2.24, 2.45) is 7.05 Å². The molecule has 1 aromatic rings. The Morgan fingerprint density at radius 2 is 2.00 bits per heavy atom. The van der Waals surface area contributed by atoms with Crippen molar-refractivity contribution in [1.29, 1.82) is 0 Å². The Labute approximate surface area is 82.9 Å². The van der Waals surface area contributed by atoms with Gasteiger partial charge in [0.25, 0.3) is 0 Å². The Bertz CT molecular complexity index is 289. The summed E-state index contributed by atoms with van der Waals surface area (Å²) in [6.07, 6.45) is 5.45. The van der Waals surface area contributed by atoms with Gasteiger partial charge in [0.15, 0.2) is 5.16 Å². The maximum atomic E-state index is 4.15. The van der Waals surface area contributed by atoms with Crippen molar-refractivity contribution in [1.82, 2.24) is 14.8 Å². The number of rotatable bonds is 2. The van der Waals surface area contributed by atoms with E-state index in [0.29, 0.717) is 0 Å². The number of aromatic nitrogens is 3. The average Bonchev–Trinajstić information content (AvgIpc) is 2.71. The van der Waals surface area contributed by atoms with Gasteiger partial charge in [0, 0.05) is 12.3 Å². The third kappa shape index (κ3) is 1.88.